The van der Waals surface area contributed by atoms with Crippen LogP contribution in [0.2, 0.25) is 0 Å². The number of anilines is 2. The molecule has 0 aliphatic heterocycles. The first-order valence-electron chi connectivity index (χ1n) is 6.63. The highest BCUT2D eigenvalue weighted by Crippen LogP contribution is 2.16. The minimum Gasteiger partial charge on any atom is -0.480 e. The van der Waals surface area contributed by atoms with Gasteiger partial charge in [0.1, 0.15) is 11.6 Å². The molecule has 3 rings (SSSR count). The summed E-state index contributed by atoms with van der Waals surface area (Å²) in [6.07, 6.45) is 1.76. The maximum Gasteiger partial charge on any atom is 0.326 e. The summed E-state index contributed by atoms with van der Waals surface area (Å²) in [4.78, 5) is 26.5. The first-order chi connectivity index (χ1) is 10.6. The van der Waals surface area contributed by atoms with E-state index in [4.69, 9.17) is 5.73 Å². The topological polar surface area (TPSA) is 130 Å². The molecule has 22 heavy (non-hydrogen) atoms. The van der Waals surface area contributed by atoms with Gasteiger partial charge in [0, 0.05) is 6.42 Å². The van der Waals surface area contributed by atoms with Crippen LogP contribution in [0.15, 0.2) is 36.7 Å². The summed E-state index contributed by atoms with van der Waals surface area (Å²) < 4.78 is 0. The maximum absolute atomic E-state index is 11.4. The smallest absolute Gasteiger partial charge is 0.326 e. The largest absolute Gasteiger partial charge is 0.480 e. The van der Waals surface area contributed by atoms with E-state index in [1.807, 2.05) is 30.3 Å². The van der Waals surface area contributed by atoms with E-state index >= 15 is 0 Å². The number of rotatable bonds is 5. The fraction of sp³-hybridized carbons (Fsp3) is 0.143. The first kappa shape index (κ1) is 13.8. The molecule has 112 valence electrons. The van der Waals surface area contributed by atoms with Gasteiger partial charge in [0.2, 0.25) is 5.95 Å². The van der Waals surface area contributed by atoms with Crippen molar-refractivity contribution in [3.05, 3.63) is 42.2 Å². The Morgan fingerprint density at radius 2 is 2.09 bits per heavy atom. The standard InChI is InChI=1S/C14H14N6O2/c15-11-10-12(17-7-16-10)20-14(19-11)18-9(13(21)22)6-8-4-2-1-3-5-8/h1-5,7,9H,6H2,(H,21,22)(H4,15,16,17,18,19,20). The highest BCUT2D eigenvalue weighted by Gasteiger charge is 2.20. The average molecular weight is 298 g/mol. The van der Waals surface area contributed by atoms with Gasteiger partial charge in [-0.1, -0.05) is 30.3 Å². The molecule has 0 aliphatic carbocycles. The number of carbonyl (C=O) groups is 1. The number of aromatic nitrogens is 4. The van der Waals surface area contributed by atoms with Crippen LogP contribution in [0.4, 0.5) is 11.8 Å². The van der Waals surface area contributed by atoms with Crippen LogP contribution in [0.3, 0.4) is 0 Å². The van der Waals surface area contributed by atoms with Gasteiger partial charge in [-0.25, -0.2) is 9.78 Å². The Morgan fingerprint density at radius 1 is 1.32 bits per heavy atom. The van der Waals surface area contributed by atoms with Crippen LogP contribution in [0.5, 0.6) is 0 Å². The van der Waals surface area contributed by atoms with Crippen molar-refractivity contribution >= 4 is 28.9 Å². The van der Waals surface area contributed by atoms with Crippen molar-refractivity contribution < 1.29 is 9.90 Å². The number of carboxylic acid groups (broad SMARTS) is 1. The number of hydrogen-bond acceptors (Lipinski definition) is 6. The normalized spacial score (nSPS) is 12.2. The monoisotopic (exact) mass is 298 g/mol. The predicted octanol–water partition coefficient (Wildman–Crippen LogP) is 1.04. The van der Waals surface area contributed by atoms with Gasteiger partial charge in [0.15, 0.2) is 11.5 Å². The molecule has 0 amide bonds. The van der Waals surface area contributed by atoms with Crippen LogP contribution >= 0.6 is 0 Å². The molecule has 0 spiro atoms. The molecule has 1 aromatic carbocycles. The van der Waals surface area contributed by atoms with E-state index in [1.165, 1.54) is 6.33 Å². The number of aliphatic carboxylic acids is 1. The second-order valence-corrected chi connectivity index (χ2v) is 4.76. The number of nitrogens with two attached hydrogens (primary N) is 1. The molecule has 1 atom stereocenters. The number of benzene rings is 1. The second-order valence-electron chi connectivity index (χ2n) is 4.76. The van der Waals surface area contributed by atoms with Gasteiger partial charge >= 0.3 is 5.97 Å². The molecule has 0 fully saturated rings. The second kappa shape index (κ2) is 5.68. The van der Waals surface area contributed by atoms with Crippen LogP contribution in [0, 0.1) is 0 Å². The Bertz CT molecular complexity index is 801. The minimum atomic E-state index is -0.992. The highest BCUT2D eigenvalue weighted by atomic mass is 16.4. The Labute approximate surface area is 125 Å². The van der Waals surface area contributed by atoms with Gasteiger partial charge < -0.3 is 21.1 Å². The lowest BCUT2D eigenvalue weighted by Crippen LogP contribution is -2.32. The summed E-state index contributed by atoms with van der Waals surface area (Å²) >= 11 is 0. The van der Waals surface area contributed by atoms with Gasteiger partial charge in [-0.3, -0.25) is 0 Å². The van der Waals surface area contributed by atoms with E-state index in [2.05, 4.69) is 25.3 Å². The SMILES string of the molecule is Nc1nc(NC(Cc2ccccc2)C(=O)O)nc2nc[nH]c12. The van der Waals surface area contributed by atoms with Crippen LogP contribution < -0.4 is 11.1 Å². The molecule has 3 aromatic rings. The van der Waals surface area contributed by atoms with Crippen LogP contribution in [-0.2, 0) is 11.2 Å². The first-order valence-corrected chi connectivity index (χ1v) is 6.63. The number of hydrogen-bond donors (Lipinski definition) is 4. The third-order valence-corrected chi connectivity index (χ3v) is 3.20. The van der Waals surface area contributed by atoms with Crippen LogP contribution in [0.25, 0.3) is 11.2 Å². The summed E-state index contributed by atoms with van der Waals surface area (Å²) in [7, 11) is 0. The molecule has 0 saturated heterocycles. The Balaban J connectivity index is 1.84. The number of fused-ring (bicyclic) bond motifs is 1. The van der Waals surface area contributed by atoms with E-state index in [-0.39, 0.29) is 11.8 Å². The summed E-state index contributed by atoms with van der Waals surface area (Å²) in [5.74, 6) is -0.637. The third-order valence-electron chi connectivity index (χ3n) is 3.20. The molecule has 1 unspecified atom stereocenters. The molecule has 0 aliphatic rings. The average Bonchev–Trinajstić information content (AvgIpc) is 2.96. The summed E-state index contributed by atoms with van der Waals surface area (Å²) in [6.45, 7) is 0. The number of imidazole rings is 1. The molecule has 5 N–H and O–H groups in total. The van der Waals surface area contributed by atoms with Crippen molar-refractivity contribution in [3.8, 4) is 0 Å². The van der Waals surface area contributed by atoms with Gasteiger partial charge in [-0.15, -0.1) is 0 Å². The molecule has 0 bridgehead atoms. The molecule has 0 radical (unpaired) electrons. The van der Waals surface area contributed by atoms with Gasteiger partial charge in [-0.2, -0.15) is 9.97 Å². The zero-order valence-corrected chi connectivity index (χ0v) is 11.5. The Morgan fingerprint density at radius 3 is 2.82 bits per heavy atom. The predicted molar refractivity (Wildman–Crippen MR) is 81.3 cm³/mol. The quantitative estimate of drug-likeness (QED) is 0.553. The van der Waals surface area contributed by atoms with Crippen molar-refractivity contribution in [2.75, 3.05) is 11.1 Å². The molecular weight excluding hydrogens is 284 g/mol. The summed E-state index contributed by atoms with van der Waals surface area (Å²) in [5, 5.41) is 12.2. The lowest BCUT2D eigenvalue weighted by molar-refractivity contribution is -0.137. The fourth-order valence-corrected chi connectivity index (χ4v) is 2.13. The molecule has 8 heteroatoms. The molecule has 8 nitrogen and oxygen atoms in total. The van der Waals surface area contributed by atoms with Crippen LogP contribution in [-0.4, -0.2) is 37.1 Å². The minimum absolute atomic E-state index is 0.139. The lowest BCUT2D eigenvalue weighted by Gasteiger charge is -2.14. The molecular formula is C14H14N6O2. The van der Waals surface area contributed by atoms with Crippen molar-refractivity contribution in [1.29, 1.82) is 0 Å². The van der Waals surface area contributed by atoms with E-state index in [9.17, 15) is 9.90 Å². The van der Waals surface area contributed by atoms with Gasteiger partial charge in [-0.05, 0) is 5.56 Å². The number of nitrogen functional groups attached to an aromatic ring is 1. The molecule has 2 heterocycles. The van der Waals surface area contributed by atoms with Gasteiger partial charge in [0.05, 0.1) is 6.33 Å². The van der Waals surface area contributed by atoms with Gasteiger partial charge in [0.25, 0.3) is 0 Å². The lowest BCUT2D eigenvalue weighted by atomic mass is 10.1. The van der Waals surface area contributed by atoms with E-state index in [0.717, 1.165) is 5.56 Å². The third kappa shape index (κ3) is 2.80. The number of nitrogens with zero attached hydrogens (tertiary/aromatic N) is 3. The van der Waals surface area contributed by atoms with Crippen molar-refractivity contribution in [2.24, 2.45) is 0 Å². The van der Waals surface area contributed by atoms with Crippen molar-refractivity contribution in [1.82, 2.24) is 19.9 Å². The zero-order chi connectivity index (χ0) is 15.5. The Hall–Kier alpha value is -3.16. The number of nitrogens with one attached hydrogen (secondary N) is 2. The molecule has 0 saturated carbocycles. The summed E-state index contributed by atoms with van der Waals surface area (Å²) in [6, 6.07) is 8.46. The number of carboxylic acids is 1. The number of H-pyrrole nitrogens is 1. The van der Waals surface area contributed by atoms with E-state index in [1.54, 1.807) is 0 Å². The zero-order valence-electron chi connectivity index (χ0n) is 11.5. The highest BCUT2D eigenvalue weighted by molar-refractivity contribution is 5.83. The van der Waals surface area contributed by atoms with Crippen molar-refractivity contribution in [3.63, 3.8) is 0 Å². The number of aromatic amines is 1. The van der Waals surface area contributed by atoms with Crippen molar-refractivity contribution in [2.45, 2.75) is 12.5 Å². The fourth-order valence-electron chi connectivity index (χ4n) is 2.13. The van der Waals surface area contributed by atoms with E-state index < -0.39 is 12.0 Å². The summed E-state index contributed by atoms with van der Waals surface area (Å²) in [5.41, 5.74) is 7.61. The molecule has 2 aromatic heterocycles. The van der Waals surface area contributed by atoms with Crippen LogP contribution in [0.1, 0.15) is 5.56 Å². The maximum atomic E-state index is 11.4. The van der Waals surface area contributed by atoms with E-state index in [0.29, 0.717) is 17.6 Å². The Kier molecular flexibility index (Phi) is 3.57.